The molecule has 2 N–H and O–H groups in total. The van der Waals surface area contributed by atoms with Crippen LogP contribution in [0.2, 0.25) is 0 Å². The van der Waals surface area contributed by atoms with E-state index in [1.807, 2.05) is 61.5 Å². The molecule has 1 atom stereocenters. The van der Waals surface area contributed by atoms with Gasteiger partial charge in [-0.25, -0.2) is 0 Å². The summed E-state index contributed by atoms with van der Waals surface area (Å²) in [6.07, 6.45) is 0.127. The lowest BCUT2D eigenvalue weighted by atomic mass is 10.2. The lowest BCUT2D eigenvalue weighted by Gasteiger charge is -2.16. The number of hydrogen-bond donors (Lipinski definition) is 2. The van der Waals surface area contributed by atoms with E-state index in [1.54, 1.807) is 0 Å². The summed E-state index contributed by atoms with van der Waals surface area (Å²) in [5.74, 6) is 0. The van der Waals surface area contributed by atoms with Gasteiger partial charge in [-0.3, -0.25) is 4.57 Å². The molecule has 0 aliphatic rings. The van der Waals surface area contributed by atoms with Crippen LogP contribution in [0.25, 0.3) is 0 Å². The average Bonchev–Trinajstić information content (AvgIpc) is 2.32. The van der Waals surface area contributed by atoms with E-state index in [2.05, 4.69) is 5.09 Å². The fourth-order valence-corrected chi connectivity index (χ4v) is 3.17. The number of benzene rings is 2. The van der Waals surface area contributed by atoms with Gasteiger partial charge in [0.25, 0.3) is 7.52 Å². The molecule has 0 heterocycles. The Labute approximate surface area is 107 Å². The van der Waals surface area contributed by atoms with Crippen molar-refractivity contribution in [3.63, 3.8) is 0 Å². The number of anilines is 1. The normalized spacial score (nSPS) is 13.9. The van der Waals surface area contributed by atoms with Crippen LogP contribution >= 0.6 is 7.52 Å². The van der Waals surface area contributed by atoms with Crippen molar-refractivity contribution in [1.82, 2.24) is 0 Å². The van der Waals surface area contributed by atoms with E-state index in [0.717, 1.165) is 11.1 Å². The van der Waals surface area contributed by atoms with E-state index >= 15 is 0 Å². The Kier molecular flexibility index (Phi) is 3.85. The van der Waals surface area contributed by atoms with Gasteiger partial charge in [-0.2, -0.15) is 0 Å². The molecule has 0 saturated carbocycles. The minimum absolute atomic E-state index is 0.127. The summed E-state index contributed by atoms with van der Waals surface area (Å²) in [5, 5.41) is 2.75. The summed E-state index contributed by atoms with van der Waals surface area (Å²) < 4.78 is 12.1. The highest BCUT2D eigenvalue weighted by Gasteiger charge is 2.19. The van der Waals surface area contributed by atoms with E-state index in [9.17, 15) is 9.46 Å². The molecule has 0 bridgehead atoms. The Morgan fingerprint density at radius 1 is 1.06 bits per heavy atom. The minimum Gasteiger partial charge on any atom is -0.329 e. The van der Waals surface area contributed by atoms with Crippen molar-refractivity contribution in [3.8, 4) is 0 Å². The maximum atomic E-state index is 12.1. The van der Waals surface area contributed by atoms with Crippen LogP contribution in [0.1, 0.15) is 11.1 Å². The molecule has 1 unspecified atom stereocenters. The van der Waals surface area contributed by atoms with Gasteiger partial charge in [-0.05, 0) is 24.1 Å². The zero-order valence-corrected chi connectivity index (χ0v) is 11.1. The molecular weight excluding hydrogens is 245 g/mol. The Hall–Kier alpha value is -1.57. The second-order valence-corrected chi connectivity index (χ2v) is 6.21. The molecule has 94 valence electrons. The molecular formula is C14H16NO2P. The maximum Gasteiger partial charge on any atom is 0.295 e. The van der Waals surface area contributed by atoms with Gasteiger partial charge in [-0.1, -0.05) is 48.5 Å². The molecule has 0 saturated heterocycles. The number of rotatable bonds is 4. The van der Waals surface area contributed by atoms with E-state index in [4.69, 9.17) is 0 Å². The fourth-order valence-electron chi connectivity index (χ4n) is 1.76. The van der Waals surface area contributed by atoms with Crippen LogP contribution in [0, 0.1) is 6.92 Å². The van der Waals surface area contributed by atoms with Gasteiger partial charge >= 0.3 is 0 Å². The third-order valence-corrected chi connectivity index (χ3v) is 4.06. The topological polar surface area (TPSA) is 49.3 Å². The van der Waals surface area contributed by atoms with E-state index < -0.39 is 7.52 Å². The first-order valence-corrected chi connectivity index (χ1v) is 7.61. The molecule has 18 heavy (non-hydrogen) atoms. The molecule has 4 heteroatoms. The molecule has 0 spiro atoms. The molecule has 3 nitrogen and oxygen atoms in total. The molecule has 2 rings (SSSR count). The third-order valence-electron chi connectivity index (χ3n) is 2.68. The van der Waals surface area contributed by atoms with Crippen LogP contribution in [0.5, 0.6) is 0 Å². The first kappa shape index (κ1) is 12.9. The van der Waals surface area contributed by atoms with Crippen molar-refractivity contribution < 1.29 is 9.46 Å². The average molecular weight is 261 g/mol. The van der Waals surface area contributed by atoms with Crippen molar-refractivity contribution in [3.05, 3.63) is 65.7 Å². The second kappa shape index (κ2) is 5.38. The largest absolute Gasteiger partial charge is 0.329 e. The summed E-state index contributed by atoms with van der Waals surface area (Å²) >= 11 is 0. The summed E-state index contributed by atoms with van der Waals surface area (Å²) in [6.45, 7) is 1.91. The number of nitrogens with one attached hydrogen (secondary N) is 1. The molecule has 0 aliphatic heterocycles. The Balaban J connectivity index is 2.13. The van der Waals surface area contributed by atoms with Gasteiger partial charge < -0.3 is 9.98 Å². The quantitative estimate of drug-likeness (QED) is 0.823. The molecule has 0 aromatic heterocycles. The maximum absolute atomic E-state index is 12.1. The van der Waals surface area contributed by atoms with Gasteiger partial charge in [0.15, 0.2) is 0 Å². The summed E-state index contributed by atoms with van der Waals surface area (Å²) in [7, 11) is -3.41. The van der Waals surface area contributed by atoms with Crippen LogP contribution in [-0.2, 0) is 10.7 Å². The van der Waals surface area contributed by atoms with Crippen LogP contribution in [0.3, 0.4) is 0 Å². The van der Waals surface area contributed by atoms with E-state index in [0.29, 0.717) is 5.69 Å². The third kappa shape index (κ3) is 3.46. The van der Waals surface area contributed by atoms with Crippen molar-refractivity contribution >= 4 is 13.2 Å². The predicted molar refractivity (Wildman–Crippen MR) is 74.8 cm³/mol. The van der Waals surface area contributed by atoms with Crippen LogP contribution in [-0.4, -0.2) is 4.89 Å². The van der Waals surface area contributed by atoms with Gasteiger partial charge in [0.05, 0.1) is 6.16 Å². The molecule has 2 aromatic rings. The highest BCUT2D eigenvalue weighted by molar-refractivity contribution is 7.58. The van der Waals surface area contributed by atoms with Crippen LogP contribution in [0.15, 0.2) is 54.6 Å². The first-order chi connectivity index (χ1) is 8.57. The van der Waals surface area contributed by atoms with Gasteiger partial charge in [0.1, 0.15) is 0 Å². The van der Waals surface area contributed by atoms with Gasteiger partial charge in [0.2, 0.25) is 0 Å². The number of hydrogen-bond acceptors (Lipinski definition) is 1. The molecule has 0 aliphatic carbocycles. The summed E-state index contributed by atoms with van der Waals surface area (Å²) in [4.78, 5) is 9.99. The smallest absolute Gasteiger partial charge is 0.295 e. The van der Waals surface area contributed by atoms with Crippen LogP contribution in [0.4, 0.5) is 5.69 Å². The zero-order chi connectivity index (χ0) is 13.0. The fraction of sp³-hybridized carbons (Fsp3) is 0.143. The summed E-state index contributed by atoms with van der Waals surface area (Å²) in [6, 6.07) is 16.8. The van der Waals surface area contributed by atoms with Crippen molar-refractivity contribution in [2.24, 2.45) is 0 Å². The Bertz CT molecular complexity index is 569. The predicted octanol–water partition coefficient (Wildman–Crippen LogP) is 3.79. The van der Waals surface area contributed by atoms with E-state index in [1.165, 1.54) is 0 Å². The standard InChI is InChI=1S/C14H16NO2P/c1-12-7-5-6-10-14(12)15-18(16,17)11-13-8-3-2-4-9-13/h2-10H,11H2,1H3,(H2,15,16,17). The van der Waals surface area contributed by atoms with Gasteiger partial charge in [-0.15, -0.1) is 0 Å². The second-order valence-electron chi connectivity index (χ2n) is 4.27. The Morgan fingerprint density at radius 2 is 1.67 bits per heavy atom. The molecule has 0 fully saturated rings. The van der Waals surface area contributed by atoms with Crippen LogP contribution < -0.4 is 5.09 Å². The molecule has 2 aromatic carbocycles. The number of para-hydroxylation sites is 1. The highest BCUT2D eigenvalue weighted by Crippen LogP contribution is 2.44. The summed E-state index contributed by atoms with van der Waals surface area (Å²) in [5.41, 5.74) is 2.52. The zero-order valence-electron chi connectivity index (χ0n) is 10.2. The van der Waals surface area contributed by atoms with Crippen molar-refractivity contribution in [2.75, 3.05) is 5.09 Å². The van der Waals surface area contributed by atoms with Crippen molar-refractivity contribution in [2.45, 2.75) is 13.1 Å². The van der Waals surface area contributed by atoms with Gasteiger partial charge in [0, 0.05) is 5.69 Å². The monoisotopic (exact) mass is 261 g/mol. The van der Waals surface area contributed by atoms with Crippen molar-refractivity contribution in [1.29, 1.82) is 0 Å². The van der Waals surface area contributed by atoms with E-state index in [-0.39, 0.29) is 6.16 Å². The lowest BCUT2D eigenvalue weighted by Crippen LogP contribution is -2.00. The minimum atomic E-state index is -3.41. The molecule has 0 radical (unpaired) electrons. The molecule has 0 amide bonds. The first-order valence-electron chi connectivity index (χ1n) is 5.76. The Morgan fingerprint density at radius 3 is 2.33 bits per heavy atom. The number of aryl methyl sites for hydroxylation is 1. The SMILES string of the molecule is Cc1ccccc1NP(=O)(O)Cc1ccccc1. The lowest BCUT2D eigenvalue weighted by molar-refractivity contribution is 0.483. The highest BCUT2D eigenvalue weighted by atomic mass is 31.2.